The first-order valence-corrected chi connectivity index (χ1v) is 11.4. The average Bonchev–Trinajstić information content (AvgIpc) is 3.16. The first-order valence-electron chi connectivity index (χ1n) is 10.6. The molecule has 1 aromatic carbocycles. The van der Waals surface area contributed by atoms with Crippen LogP contribution in [0.2, 0.25) is 0 Å². The van der Waals surface area contributed by atoms with E-state index in [0.717, 1.165) is 41.8 Å². The minimum Gasteiger partial charge on any atom is -0.353 e. The van der Waals surface area contributed by atoms with E-state index in [9.17, 15) is 4.79 Å². The molecule has 4 rings (SSSR count). The monoisotopic (exact) mass is 472 g/mol. The standard InChI is InChI=1S/C22H29BrN6O/c1-16-2-7-19-20(16)21(26-15-25-19)27-10-12-28(13-11-27)22(30)29(9-8-24)14-17-3-5-18(23)6-4-17/h3-6,15-16H,2,7-14,24H2,1H3/t16-/m1/s1. The maximum Gasteiger partial charge on any atom is 0.320 e. The van der Waals surface area contributed by atoms with Gasteiger partial charge in [0.1, 0.15) is 12.1 Å². The lowest BCUT2D eigenvalue weighted by molar-refractivity contribution is 0.148. The number of fused-ring (bicyclic) bond motifs is 1. The Balaban J connectivity index is 1.41. The van der Waals surface area contributed by atoms with Crippen molar-refractivity contribution in [3.63, 3.8) is 0 Å². The van der Waals surface area contributed by atoms with E-state index in [1.165, 1.54) is 11.3 Å². The van der Waals surface area contributed by atoms with Gasteiger partial charge in [0.05, 0.1) is 0 Å². The third kappa shape index (κ3) is 4.44. The van der Waals surface area contributed by atoms with Crippen LogP contribution >= 0.6 is 15.9 Å². The van der Waals surface area contributed by atoms with Gasteiger partial charge in [-0.2, -0.15) is 0 Å². The summed E-state index contributed by atoms with van der Waals surface area (Å²) in [6.45, 7) is 6.78. The summed E-state index contributed by atoms with van der Waals surface area (Å²) in [5.74, 6) is 1.56. The third-order valence-corrected chi connectivity index (χ3v) is 6.59. The summed E-state index contributed by atoms with van der Waals surface area (Å²) in [4.78, 5) is 28.4. The van der Waals surface area contributed by atoms with Crippen molar-refractivity contribution in [3.05, 3.63) is 51.9 Å². The van der Waals surface area contributed by atoms with Crippen LogP contribution in [-0.2, 0) is 13.0 Å². The fraction of sp³-hybridized carbons (Fsp3) is 0.500. The minimum absolute atomic E-state index is 0.0595. The Morgan fingerprint density at radius 2 is 1.93 bits per heavy atom. The summed E-state index contributed by atoms with van der Waals surface area (Å²) in [5, 5.41) is 0. The predicted octanol–water partition coefficient (Wildman–Crippen LogP) is 2.99. The second kappa shape index (κ2) is 9.31. The van der Waals surface area contributed by atoms with Crippen molar-refractivity contribution in [2.45, 2.75) is 32.2 Å². The molecule has 0 saturated carbocycles. The topological polar surface area (TPSA) is 78.6 Å². The third-order valence-electron chi connectivity index (χ3n) is 6.06. The van der Waals surface area contributed by atoms with Crippen molar-refractivity contribution in [1.29, 1.82) is 0 Å². The summed E-state index contributed by atoms with van der Waals surface area (Å²) in [6, 6.07) is 8.14. The zero-order valence-electron chi connectivity index (χ0n) is 17.4. The lowest BCUT2D eigenvalue weighted by Crippen LogP contribution is -2.53. The number of hydrogen-bond acceptors (Lipinski definition) is 5. The Labute approximate surface area is 186 Å². The molecule has 1 atom stereocenters. The normalized spacial score (nSPS) is 18.4. The molecule has 2 amide bonds. The van der Waals surface area contributed by atoms with E-state index >= 15 is 0 Å². The van der Waals surface area contributed by atoms with E-state index in [-0.39, 0.29) is 6.03 Å². The average molecular weight is 473 g/mol. The van der Waals surface area contributed by atoms with Crippen LogP contribution in [0.25, 0.3) is 0 Å². The molecular formula is C22H29BrN6O. The highest BCUT2D eigenvalue weighted by Crippen LogP contribution is 2.37. The van der Waals surface area contributed by atoms with Gasteiger partial charge in [-0.25, -0.2) is 14.8 Å². The van der Waals surface area contributed by atoms with E-state index in [1.54, 1.807) is 6.33 Å². The second-order valence-electron chi connectivity index (χ2n) is 8.09. The number of nitrogens with zero attached hydrogens (tertiary/aromatic N) is 5. The van der Waals surface area contributed by atoms with Crippen LogP contribution in [-0.4, -0.2) is 65.1 Å². The van der Waals surface area contributed by atoms with Gasteiger partial charge >= 0.3 is 6.03 Å². The number of hydrogen-bond donors (Lipinski definition) is 1. The van der Waals surface area contributed by atoms with Crippen molar-refractivity contribution in [2.24, 2.45) is 5.73 Å². The molecule has 2 heterocycles. The van der Waals surface area contributed by atoms with Gasteiger partial charge < -0.3 is 20.4 Å². The molecule has 2 aliphatic rings. The lowest BCUT2D eigenvalue weighted by Gasteiger charge is -2.38. The number of rotatable bonds is 5. The molecule has 0 spiro atoms. The summed E-state index contributed by atoms with van der Waals surface area (Å²) in [5.41, 5.74) is 9.39. The van der Waals surface area contributed by atoms with Gasteiger partial charge in [0.15, 0.2) is 0 Å². The second-order valence-corrected chi connectivity index (χ2v) is 9.01. The van der Waals surface area contributed by atoms with Crippen LogP contribution in [0.15, 0.2) is 35.1 Å². The molecule has 2 N–H and O–H groups in total. The zero-order chi connectivity index (χ0) is 21.1. The molecule has 2 aromatic rings. The van der Waals surface area contributed by atoms with E-state index in [2.05, 4.69) is 37.7 Å². The molecule has 1 aliphatic carbocycles. The van der Waals surface area contributed by atoms with Crippen LogP contribution in [0.1, 0.15) is 36.1 Å². The molecule has 7 nitrogen and oxygen atoms in total. The number of carbonyl (C=O) groups excluding carboxylic acids is 1. The molecule has 1 aliphatic heterocycles. The number of carbonyl (C=O) groups is 1. The molecule has 30 heavy (non-hydrogen) atoms. The lowest BCUT2D eigenvalue weighted by atomic mass is 10.1. The van der Waals surface area contributed by atoms with Crippen molar-refractivity contribution in [1.82, 2.24) is 19.8 Å². The summed E-state index contributed by atoms with van der Waals surface area (Å²) in [7, 11) is 0. The highest BCUT2D eigenvalue weighted by molar-refractivity contribution is 9.10. The van der Waals surface area contributed by atoms with E-state index in [4.69, 9.17) is 5.73 Å². The fourth-order valence-corrected chi connectivity index (χ4v) is 4.66. The summed E-state index contributed by atoms with van der Waals surface area (Å²) < 4.78 is 1.03. The number of aryl methyl sites for hydroxylation is 1. The van der Waals surface area contributed by atoms with Gasteiger partial charge in [0.2, 0.25) is 0 Å². The highest BCUT2D eigenvalue weighted by atomic mass is 79.9. The van der Waals surface area contributed by atoms with Crippen molar-refractivity contribution in [2.75, 3.05) is 44.2 Å². The molecule has 8 heteroatoms. The highest BCUT2D eigenvalue weighted by Gasteiger charge is 2.30. The molecule has 1 fully saturated rings. The van der Waals surface area contributed by atoms with Crippen LogP contribution < -0.4 is 10.6 Å². The molecule has 160 valence electrons. The zero-order valence-corrected chi connectivity index (χ0v) is 19.0. The van der Waals surface area contributed by atoms with Gasteiger partial charge in [-0.15, -0.1) is 0 Å². The van der Waals surface area contributed by atoms with Gasteiger partial charge in [-0.3, -0.25) is 0 Å². The maximum atomic E-state index is 13.2. The van der Waals surface area contributed by atoms with Crippen LogP contribution in [0.5, 0.6) is 0 Å². The molecule has 0 radical (unpaired) electrons. The Hall–Kier alpha value is -2.19. The predicted molar refractivity (Wildman–Crippen MR) is 122 cm³/mol. The molecule has 0 unspecified atom stereocenters. The molecular weight excluding hydrogens is 444 g/mol. The number of anilines is 1. The Morgan fingerprint density at radius 1 is 1.20 bits per heavy atom. The van der Waals surface area contributed by atoms with Crippen molar-refractivity contribution in [3.8, 4) is 0 Å². The van der Waals surface area contributed by atoms with E-state index in [1.807, 2.05) is 34.1 Å². The Morgan fingerprint density at radius 3 is 2.63 bits per heavy atom. The smallest absolute Gasteiger partial charge is 0.320 e. The Bertz CT molecular complexity index is 882. The maximum absolute atomic E-state index is 13.2. The quantitative estimate of drug-likeness (QED) is 0.723. The first kappa shape index (κ1) is 21.1. The van der Waals surface area contributed by atoms with Crippen molar-refractivity contribution < 1.29 is 4.79 Å². The van der Waals surface area contributed by atoms with Gasteiger partial charge in [0.25, 0.3) is 0 Å². The number of benzene rings is 1. The molecule has 0 bridgehead atoms. The number of urea groups is 1. The van der Waals surface area contributed by atoms with Gasteiger partial charge in [0, 0.05) is 61.5 Å². The van der Waals surface area contributed by atoms with Crippen molar-refractivity contribution >= 4 is 27.8 Å². The number of amides is 2. The number of piperazine rings is 1. The van der Waals surface area contributed by atoms with Crippen LogP contribution in [0, 0.1) is 0 Å². The van der Waals surface area contributed by atoms with Crippen LogP contribution in [0.3, 0.4) is 0 Å². The number of halogens is 1. The SMILES string of the molecule is C[C@@H]1CCc2ncnc(N3CCN(C(=O)N(CCN)Cc4ccc(Br)cc4)CC3)c21. The first-order chi connectivity index (χ1) is 14.6. The van der Waals surface area contributed by atoms with E-state index < -0.39 is 0 Å². The van der Waals surface area contributed by atoms with Crippen LogP contribution in [0.4, 0.5) is 10.6 Å². The number of aromatic nitrogens is 2. The minimum atomic E-state index is 0.0595. The van der Waals surface area contributed by atoms with E-state index in [0.29, 0.717) is 38.6 Å². The summed E-state index contributed by atoms with van der Waals surface area (Å²) in [6.07, 6.45) is 3.86. The van der Waals surface area contributed by atoms with Gasteiger partial charge in [-0.1, -0.05) is 35.0 Å². The molecule has 1 aromatic heterocycles. The molecule has 1 saturated heterocycles. The Kier molecular flexibility index (Phi) is 6.53. The number of nitrogens with two attached hydrogens (primary N) is 1. The summed E-state index contributed by atoms with van der Waals surface area (Å²) >= 11 is 3.46. The largest absolute Gasteiger partial charge is 0.353 e. The fourth-order valence-electron chi connectivity index (χ4n) is 4.39. The van der Waals surface area contributed by atoms with Gasteiger partial charge in [-0.05, 0) is 36.5 Å².